The second kappa shape index (κ2) is 7.42. The molecule has 1 aliphatic rings. The van der Waals surface area contributed by atoms with Crippen LogP contribution in [-0.4, -0.2) is 18.6 Å². The highest BCUT2D eigenvalue weighted by atomic mass is 16.5. The maximum Gasteiger partial charge on any atom is 0.223 e. The molecular formula is C20H23NO2. The SMILES string of the molecule is C[C@@H](NC(=O)C[C@@H]1CCCO1)c1ccc(-c2ccccc2)cc1. The van der Waals surface area contributed by atoms with Gasteiger partial charge in [0.05, 0.1) is 18.6 Å². The van der Waals surface area contributed by atoms with Crippen LogP contribution < -0.4 is 5.32 Å². The Bertz CT molecular complexity index is 630. The lowest BCUT2D eigenvalue weighted by atomic mass is 10.0. The Labute approximate surface area is 137 Å². The molecule has 1 heterocycles. The molecule has 0 unspecified atom stereocenters. The average Bonchev–Trinajstić information content (AvgIpc) is 3.08. The lowest BCUT2D eigenvalue weighted by Crippen LogP contribution is -2.29. The molecule has 1 amide bonds. The maximum atomic E-state index is 12.1. The van der Waals surface area contributed by atoms with Gasteiger partial charge in [-0.25, -0.2) is 0 Å². The lowest BCUT2D eigenvalue weighted by Gasteiger charge is -2.16. The topological polar surface area (TPSA) is 38.3 Å². The summed E-state index contributed by atoms with van der Waals surface area (Å²) in [6, 6.07) is 18.7. The molecule has 0 saturated carbocycles. The van der Waals surface area contributed by atoms with E-state index in [1.165, 1.54) is 11.1 Å². The first-order valence-electron chi connectivity index (χ1n) is 8.29. The highest BCUT2D eigenvalue weighted by molar-refractivity contribution is 5.77. The van der Waals surface area contributed by atoms with E-state index in [4.69, 9.17) is 4.74 Å². The Morgan fingerprint density at radius 2 is 1.83 bits per heavy atom. The number of carbonyl (C=O) groups is 1. The quantitative estimate of drug-likeness (QED) is 0.903. The van der Waals surface area contributed by atoms with Crippen LogP contribution in [0, 0.1) is 0 Å². The summed E-state index contributed by atoms with van der Waals surface area (Å²) in [6.45, 7) is 2.80. The summed E-state index contributed by atoms with van der Waals surface area (Å²) in [5.74, 6) is 0.0662. The van der Waals surface area contributed by atoms with Gasteiger partial charge in [-0.1, -0.05) is 54.6 Å². The number of ether oxygens (including phenoxy) is 1. The number of hydrogen-bond acceptors (Lipinski definition) is 2. The van der Waals surface area contributed by atoms with E-state index >= 15 is 0 Å². The first-order chi connectivity index (χ1) is 11.2. The van der Waals surface area contributed by atoms with Gasteiger partial charge in [0.1, 0.15) is 0 Å². The molecule has 2 aromatic carbocycles. The van der Waals surface area contributed by atoms with Crippen LogP contribution in [0.4, 0.5) is 0 Å². The third kappa shape index (κ3) is 4.20. The van der Waals surface area contributed by atoms with Crippen molar-refractivity contribution in [3.63, 3.8) is 0 Å². The molecule has 2 aromatic rings. The van der Waals surface area contributed by atoms with Crippen molar-refractivity contribution in [1.29, 1.82) is 0 Å². The molecule has 1 N–H and O–H groups in total. The normalized spacial score (nSPS) is 18.6. The summed E-state index contributed by atoms with van der Waals surface area (Å²) in [6.07, 6.45) is 2.62. The molecule has 0 radical (unpaired) electrons. The summed E-state index contributed by atoms with van der Waals surface area (Å²) in [7, 11) is 0. The molecule has 3 nitrogen and oxygen atoms in total. The zero-order valence-corrected chi connectivity index (χ0v) is 13.5. The molecule has 3 rings (SSSR count). The van der Waals surface area contributed by atoms with Crippen molar-refractivity contribution in [3.8, 4) is 11.1 Å². The minimum Gasteiger partial charge on any atom is -0.378 e. The maximum absolute atomic E-state index is 12.1. The van der Waals surface area contributed by atoms with E-state index in [9.17, 15) is 4.79 Å². The van der Waals surface area contributed by atoms with Gasteiger partial charge in [-0.05, 0) is 36.5 Å². The molecular weight excluding hydrogens is 286 g/mol. The second-order valence-corrected chi connectivity index (χ2v) is 6.12. The van der Waals surface area contributed by atoms with Gasteiger partial charge in [0.2, 0.25) is 5.91 Å². The summed E-state index contributed by atoms with van der Waals surface area (Å²) in [5.41, 5.74) is 3.51. The van der Waals surface area contributed by atoms with Gasteiger partial charge in [-0.2, -0.15) is 0 Å². The van der Waals surface area contributed by atoms with Crippen LogP contribution in [0.25, 0.3) is 11.1 Å². The van der Waals surface area contributed by atoms with Crippen molar-refractivity contribution >= 4 is 5.91 Å². The van der Waals surface area contributed by atoms with Crippen molar-refractivity contribution in [2.75, 3.05) is 6.61 Å². The van der Waals surface area contributed by atoms with Crippen LogP contribution >= 0.6 is 0 Å². The zero-order valence-electron chi connectivity index (χ0n) is 13.5. The van der Waals surface area contributed by atoms with Crippen molar-refractivity contribution in [2.24, 2.45) is 0 Å². The van der Waals surface area contributed by atoms with Crippen molar-refractivity contribution < 1.29 is 9.53 Å². The van der Waals surface area contributed by atoms with Gasteiger partial charge in [0, 0.05) is 6.61 Å². The third-order valence-corrected chi connectivity index (χ3v) is 4.33. The molecule has 3 heteroatoms. The molecule has 0 spiro atoms. The van der Waals surface area contributed by atoms with Gasteiger partial charge in [-0.15, -0.1) is 0 Å². The van der Waals surface area contributed by atoms with Crippen LogP contribution in [0.5, 0.6) is 0 Å². The van der Waals surface area contributed by atoms with E-state index in [1.54, 1.807) is 0 Å². The van der Waals surface area contributed by atoms with Crippen molar-refractivity contribution in [2.45, 2.75) is 38.3 Å². The Morgan fingerprint density at radius 3 is 2.48 bits per heavy atom. The van der Waals surface area contributed by atoms with E-state index in [2.05, 4.69) is 41.7 Å². The summed E-state index contributed by atoms with van der Waals surface area (Å²) in [4.78, 5) is 12.1. The average molecular weight is 309 g/mol. The first kappa shape index (κ1) is 15.8. The number of amides is 1. The van der Waals surface area contributed by atoms with E-state index in [1.807, 2.05) is 25.1 Å². The smallest absolute Gasteiger partial charge is 0.223 e. The van der Waals surface area contributed by atoms with E-state index in [0.29, 0.717) is 6.42 Å². The number of benzene rings is 2. The molecule has 23 heavy (non-hydrogen) atoms. The molecule has 1 saturated heterocycles. The fourth-order valence-corrected chi connectivity index (χ4v) is 2.99. The molecule has 0 aromatic heterocycles. The van der Waals surface area contributed by atoms with Gasteiger partial charge in [-0.3, -0.25) is 4.79 Å². The van der Waals surface area contributed by atoms with Crippen LogP contribution in [0.1, 0.15) is 37.8 Å². The van der Waals surface area contributed by atoms with Crippen LogP contribution in [0.3, 0.4) is 0 Å². The zero-order chi connectivity index (χ0) is 16.1. The van der Waals surface area contributed by atoms with Crippen molar-refractivity contribution in [3.05, 3.63) is 60.2 Å². The summed E-state index contributed by atoms with van der Waals surface area (Å²) in [5, 5.41) is 3.06. The highest BCUT2D eigenvalue weighted by Gasteiger charge is 2.20. The summed E-state index contributed by atoms with van der Waals surface area (Å²) < 4.78 is 5.51. The van der Waals surface area contributed by atoms with E-state index < -0.39 is 0 Å². The lowest BCUT2D eigenvalue weighted by molar-refractivity contribution is -0.123. The fraction of sp³-hybridized carbons (Fsp3) is 0.350. The Hall–Kier alpha value is -2.13. The molecule has 0 bridgehead atoms. The minimum absolute atomic E-state index is 0.00808. The largest absolute Gasteiger partial charge is 0.378 e. The monoisotopic (exact) mass is 309 g/mol. The number of nitrogens with one attached hydrogen (secondary N) is 1. The second-order valence-electron chi connectivity index (χ2n) is 6.12. The van der Waals surface area contributed by atoms with Crippen LogP contribution in [0.2, 0.25) is 0 Å². The van der Waals surface area contributed by atoms with Gasteiger partial charge < -0.3 is 10.1 Å². The summed E-state index contributed by atoms with van der Waals surface area (Å²) >= 11 is 0. The van der Waals surface area contributed by atoms with Gasteiger partial charge in [0.25, 0.3) is 0 Å². The third-order valence-electron chi connectivity index (χ3n) is 4.33. The molecule has 120 valence electrons. The molecule has 1 fully saturated rings. The standard InChI is InChI=1S/C20H23NO2/c1-15(21-20(22)14-19-8-5-13-23-19)16-9-11-18(12-10-16)17-6-3-2-4-7-17/h2-4,6-7,9-12,15,19H,5,8,13-14H2,1H3,(H,21,22)/t15-,19+/m1/s1. The molecule has 1 aliphatic heterocycles. The minimum atomic E-state index is 0.00808. The van der Waals surface area contributed by atoms with Gasteiger partial charge in [0.15, 0.2) is 0 Å². The van der Waals surface area contributed by atoms with Crippen LogP contribution in [-0.2, 0) is 9.53 Å². The Kier molecular flexibility index (Phi) is 5.09. The fourth-order valence-electron chi connectivity index (χ4n) is 2.99. The number of carbonyl (C=O) groups excluding carboxylic acids is 1. The van der Waals surface area contributed by atoms with E-state index in [0.717, 1.165) is 25.0 Å². The van der Waals surface area contributed by atoms with Crippen LogP contribution in [0.15, 0.2) is 54.6 Å². The molecule has 2 atom stereocenters. The molecule has 0 aliphatic carbocycles. The predicted molar refractivity (Wildman–Crippen MR) is 92.0 cm³/mol. The van der Waals surface area contributed by atoms with E-state index in [-0.39, 0.29) is 18.1 Å². The first-order valence-corrected chi connectivity index (χ1v) is 8.29. The van der Waals surface area contributed by atoms with Gasteiger partial charge >= 0.3 is 0 Å². The number of hydrogen-bond donors (Lipinski definition) is 1. The Morgan fingerprint density at radius 1 is 1.13 bits per heavy atom. The van der Waals surface area contributed by atoms with Crippen molar-refractivity contribution in [1.82, 2.24) is 5.32 Å². The highest BCUT2D eigenvalue weighted by Crippen LogP contribution is 2.22. The number of rotatable bonds is 5. The Balaban J connectivity index is 1.59. The predicted octanol–water partition coefficient (Wildman–Crippen LogP) is 4.10.